The molecule has 0 aromatic heterocycles. The van der Waals surface area contributed by atoms with Crippen LogP contribution in [0.3, 0.4) is 0 Å². The van der Waals surface area contributed by atoms with Gasteiger partial charge in [0.1, 0.15) is 0 Å². The van der Waals surface area contributed by atoms with Gasteiger partial charge in [0, 0.05) is 35.4 Å². The molecule has 1 N–H and O–H groups in total. The lowest BCUT2D eigenvalue weighted by Crippen LogP contribution is -2.33. The zero-order valence-corrected chi connectivity index (χ0v) is 21.0. The number of hydrogen-bond donors (Lipinski definition) is 1. The smallest absolute Gasteiger partial charge is 0.241 e. The van der Waals surface area contributed by atoms with E-state index in [9.17, 15) is 8.42 Å². The summed E-state index contributed by atoms with van der Waals surface area (Å²) < 4.78 is 39.4. The van der Waals surface area contributed by atoms with Crippen LogP contribution in [0, 0.1) is 0 Å². The predicted octanol–water partition coefficient (Wildman–Crippen LogP) is 4.66. The van der Waals surface area contributed by atoms with E-state index in [0.717, 1.165) is 42.9 Å². The summed E-state index contributed by atoms with van der Waals surface area (Å²) in [6, 6.07) is 14.6. The van der Waals surface area contributed by atoms with E-state index in [-0.39, 0.29) is 17.3 Å². The normalized spacial score (nSPS) is 13.9. The van der Waals surface area contributed by atoms with Crippen molar-refractivity contribution in [3.63, 3.8) is 0 Å². The van der Waals surface area contributed by atoms with Crippen molar-refractivity contribution >= 4 is 44.8 Å². The quantitative estimate of drug-likeness (QED) is 0.446. The van der Waals surface area contributed by atoms with Gasteiger partial charge in [-0.15, -0.1) is 12.4 Å². The number of sulfonamides is 1. The molecule has 0 saturated carbocycles. The Bertz CT molecular complexity index is 1230. The van der Waals surface area contributed by atoms with E-state index >= 15 is 0 Å². The fraction of sp³-hybridized carbons (Fsp3) is 0.333. The highest BCUT2D eigenvalue weighted by Crippen LogP contribution is 2.33. The monoisotopic (exact) mass is 510 g/mol. The lowest BCUT2D eigenvalue weighted by Gasteiger charge is -2.29. The third-order valence-electron chi connectivity index (χ3n) is 5.86. The van der Waals surface area contributed by atoms with Crippen LogP contribution in [-0.4, -0.2) is 47.2 Å². The number of rotatable bonds is 8. The molecule has 0 unspecified atom stereocenters. The van der Waals surface area contributed by atoms with Crippen molar-refractivity contribution in [3.8, 4) is 11.5 Å². The molecule has 0 bridgehead atoms. The summed E-state index contributed by atoms with van der Waals surface area (Å²) in [4.78, 5) is 2.59. The topological polar surface area (TPSA) is 67.9 Å². The number of benzene rings is 3. The molecule has 3 aromatic carbocycles. The molecule has 3 aromatic rings. The number of methoxy groups -OCH3 is 2. The Kier molecular flexibility index (Phi) is 8.48. The Morgan fingerprint density at radius 2 is 1.67 bits per heavy atom. The molecule has 0 radical (unpaired) electrons. The van der Waals surface area contributed by atoms with E-state index in [1.165, 1.54) is 11.1 Å². The van der Waals surface area contributed by atoms with Crippen molar-refractivity contribution in [2.24, 2.45) is 0 Å². The summed E-state index contributed by atoms with van der Waals surface area (Å²) in [6.45, 7) is 2.91. The minimum atomic E-state index is -3.63. The standard InChI is InChI=1S/C24H27ClN2O4S.ClH/c1-30-22-14-17-10-13-27(16-18(17)15-23(22)31-2)12-5-11-26-32(28,29)24-9-4-6-19-20(24)7-3-8-21(19)25;/h3-4,6-9,14-15,26H,5,10-13,16H2,1-2H3;1H. The second-order valence-electron chi connectivity index (χ2n) is 7.84. The summed E-state index contributed by atoms with van der Waals surface area (Å²) in [7, 11) is -0.344. The molecule has 6 nitrogen and oxygen atoms in total. The molecule has 0 fully saturated rings. The molecule has 1 heterocycles. The van der Waals surface area contributed by atoms with Crippen LogP contribution in [0.2, 0.25) is 5.02 Å². The molecule has 1 aliphatic heterocycles. The average molecular weight is 511 g/mol. The van der Waals surface area contributed by atoms with Gasteiger partial charge in [-0.3, -0.25) is 4.90 Å². The molecule has 0 spiro atoms. The van der Waals surface area contributed by atoms with Crippen LogP contribution in [0.4, 0.5) is 0 Å². The van der Waals surface area contributed by atoms with Gasteiger partial charge in [-0.25, -0.2) is 13.1 Å². The van der Waals surface area contributed by atoms with E-state index in [1.54, 1.807) is 44.6 Å². The van der Waals surface area contributed by atoms with Gasteiger partial charge < -0.3 is 9.47 Å². The molecule has 1 aliphatic rings. The maximum absolute atomic E-state index is 12.9. The van der Waals surface area contributed by atoms with E-state index < -0.39 is 10.0 Å². The maximum Gasteiger partial charge on any atom is 0.241 e. The second-order valence-corrected chi connectivity index (χ2v) is 9.99. The summed E-state index contributed by atoms with van der Waals surface area (Å²) in [5, 5.41) is 1.90. The lowest BCUT2D eigenvalue weighted by molar-refractivity contribution is 0.250. The number of halogens is 2. The molecule has 0 saturated heterocycles. The van der Waals surface area contributed by atoms with Gasteiger partial charge >= 0.3 is 0 Å². The number of fused-ring (bicyclic) bond motifs is 2. The zero-order chi connectivity index (χ0) is 22.7. The fourth-order valence-electron chi connectivity index (χ4n) is 4.20. The number of hydrogen-bond acceptors (Lipinski definition) is 5. The predicted molar refractivity (Wildman–Crippen MR) is 135 cm³/mol. The van der Waals surface area contributed by atoms with Crippen LogP contribution in [-0.2, 0) is 23.0 Å². The van der Waals surface area contributed by atoms with Crippen LogP contribution in [0.1, 0.15) is 17.5 Å². The first-order valence-corrected chi connectivity index (χ1v) is 12.4. The van der Waals surface area contributed by atoms with Crippen molar-refractivity contribution in [1.82, 2.24) is 9.62 Å². The van der Waals surface area contributed by atoms with Gasteiger partial charge in [0.05, 0.1) is 19.1 Å². The number of nitrogens with one attached hydrogen (secondary N) is 1. The van der Waals surface area contributed by atoms with E-state index in [1.807, 2.05) is 12.1 Å². The summed E-state index contributed by atoms with van der Waals surface area (Å²) in [6.07, 6.45) is 1.64. The third-order valence-corrected chi connectivity index (χ3v) is 7.71. The van der Waals surface area contributed by atoms with Crippen molar-refractivity contribution < 1.29 is 17.9 Å². The van der Waals surface area contributed by atoms with Crippen LogP contribution >= 0.6 is 24.0 Å². The molecule has 4 rings (SSSR count). The Morgan fingerprint density at radius 3 is 2.39 bits per heavy atom. The minimum absolute atomic E-state index is 0. The largest absolute Gasteiger partial charge is 0.493 e. The van der Waals surface area contributed by atoms with Gasteiger partial charge in [-0.05, 0) is 54.8 Å². The number of ether oxygens (including phenoxy) is 2. The van der Waals surface area contributed by atoms with Crippen molar-refractivity contribution in [3.05, 3.63) is 64.7 Å². The summed E-state index contributed by atoms with van der Waals surface area (Å²) in [5.74, 6) is 1.49. The molecular formula is C24H28Cl2N2O4S. The summed E-state index contributed by atoms with van der Waals surface area (Å²) >= 11 is 6.23. The molecule has 33 heavy (non-hydrogen) atoms. The summed E-state index contributed by atoms with van der Waals surface area (Å²) in [5.41, 5.74) is 2.50. The third kappa shape index (κ3) is 5.55. The van der Waals surface area contributed by atoms with Gasteiger partial charge in [0.25, 0.3) is 0 Å². The Morgan fingerprint density at radius 1 is 1.00 bits per heavy atom. The first-order valence-electron chi connectivity index (χ1n) is 10.6. The maximum atomic E-state index is 12.9. The molecule has 178 valence electrons. The van der Waals surface area contributed by atoms with Gasteiger partial charge in [0.15, 0.2) is 11.5 Å². The fourth-order valence-corrected chi connectivity index (χ4v) is 5.73. The van der Waals surface area contributed by atoms with Crippen LogP contribution in [0.25, 0.3) is 10.8 Å². The van der Waals surface area contributed by atoms with Crippen LogP contribution in [0.15, 0.2) is 53.4 Å². The highest BCUT2D eigenvalue weighted by molar-refractivity contribution is 7.89. The second kappa shape index (κ2) is 10.9. The first-order chi connectivity index (χ1) is 15.4. The molecular weight excluding hydrogens is 483 g/mol. The Hall–Kier alpha value is -2.03. The Labute approximate surface area is 206 Å². The van der Waals surface area contributed by atoms with Crippen molar-refractivity contribution in [2.75, 3.05) is 33.9 Å². The number of nitrogens with zero attached hydrogens (tertiary/aromatic N) is 1. The van der Waals surface area contributed by atoms with E-state index in [0.29, 0.717) is 23.4 Å². The molecule has 0 atom stereocenters. The van der Waals surface area contributed by atoms with Crippen molar-refractivity contribution in [2.45, 2.75) is 24.3 Å². The molecule has 0 aliphatic carbocycles. The van der Waals surface area contributed by atoms with E-state index in [2.05, 4.69) is 15.7 Å². The van der Waals surface area contributed by atoms with Crippen LogP contribution in [0.5, 0.6) is 11.5 Å². The molecule has 0 amide bonds. The highest BCUT2D eigenvalue weighted by Gasteiger charge is 2.20. The first kappa shape index (κ1) is 25.6. The van der Waals surface area contributed by atoms with Crippen molar-refractivity contribution in [1.29, 1.82) is 0 Å². The van der Waals surface area contributed by atoms with E-state index in [4.69, 9.17) is 21.1 Å². The van der Waals surface area contributed by atoms with Crippen LogP contribution < -0.4 is 14.2 Å². The average Bonchev–Trinajstić information content (AvgIpc) is 2.80. The SMILES string of the molecule is COc1cc2c(cc1OC)CN(CCCNS(=O)(=O)c1cccc3c(Cl)cccc13)CC2.Cl. The van der Waals surface area contributed by atoms with Gasteiger partial charge in [0.2, 0.25) is 10.0 Å². The van der Waals surface area contributed by atoms with Gasteiger partial charge in [-0.2, -0.15) is 0 Å². The lowest BCUT2D eigenvalue weighted by atomic mass is 9.98. The Balaban J connectivity index is 0.00000306. The molecule has 9 heteroatoms. The minimum Gasteiger partial charge on any atom is -0.493 e. The highest BCUT2D eigenvalue weighted by atomic mass is 35.5. The van der Waals surface area contributed by atoms with Gasteiger partial charge in [-0.1, -0.05) is 35.9 Å². The zero-order valence-electron chi connectivity index (χ0n) is 18.6.